The van der Waals surface area contributed by atoms with Crippen LogP contribution in [0.5, 0.6) is 0 Å². The summed E-state index contributed by atoms with van der Waals surface area (Å²) < 4.78 is 13.9. The predicted octanol–water partition coefficient (Wildman–Crippen LogP) is 4.06. The number of benzene rings is 1. The first-order chi connectivity index (χ1) is 8.58. The van der Waals surface area contributed by atoms with E-state index in [1.54, 1.807) is 24.4 Å². The van der Waals surface area contributed by atoms with Gasteiger partial charge in [0.05, 0.1) is 5.02 Å². The van der Waals surface area contributed by atoms with Crippen molar-refractivity contribution in [1.29, 1.82) is 0 Å². The minimum atomic E-state index is -0.526. The van der Waals surface area contributed by atoms with Crippen LogP contribution < -0.4 is 0 Å². The topological polar surface area (TPSA) is 30.0 Å². The van der Waals surface area contributed by atoms with Gasteiger partial charge in [0.2, 0.25) is 0 Å². The standard InChI is InChI=1S/C13H8BrClFNO/c14-9-2-1-5-17-13(9)12(18)7-8-3-4-10(15)11(16)6-8/h1-6H,7H2. The van der Waals surface area contributed by atoms with Crippen molar-refractivity contribution in [3.63, 3.8) is 0 Å². The van der Waals surface area contributed by atoms with Crippen LogP contribution in [0.3, 0.4) is 0 Å². The largest absolute Gasteiger partial charge is 0.292 e. The average Bonchev–Trinajstić information content (AvgIpc) is 2.34. The van der Waals surface area contributed by atoms with Crippen molar-refractivity contribution in [2.45, 2.75) is 6.42 Å². The van der Waals surface area contributed by atoms with Crippen LogP contribution in [-0.2, 0) is 6.42 Å². The molecule has 2 nitrogen and oxygen atoms in total. The van der Waals surface area contributed by atoms with Gasteiger partial charge in [0, 0.05) is 17.1 Å². The maximum atomic E-state index is 13.2. The maximum Gasteiger partial charge on any atom is 0.186 e. The summed E-state index contributed by atoms with van der Waals surface area (Å²) in [5.41, 5.74) is 0.910. The predicted molar refractivity (Wildman–Crippen MR) is 71.4 cm³/mol. The van der Waals surface area contributed by atoms with E-state index in [0.717, 1.165) is 0 Å². The molecule has 0 atom stereocenters. The molecule has 92 valence electrons. The van der Waals surface area contributed by atoms with Gasteiger partial charge in [-0.25, -0.2) is 4.39 Å². The van der Waals surface area contributed by atoms with E-state index in [1.807, 2.05) is 0 Å². The average molecular weight is 329 g/mol. The van der Waals surface area contributed by atoms with Crippen LogP contribution in [0.2, 0.25) is 5.02 Å². The Morgan fingerprint density at radius 1 is 1.39 bits per heavy atom. The fourth-order valence-corrected chi connectivity index (χ4v) is 2.10. The van der Waals surface area contributed by atoms with Gasteiger partial charge in [-0.2, -0.15) is 0 Å². The van der Waals surface area contributed by atoms with Crippen LogP contribution >= 0.6 is 27.5 Å². The maximum absolute atomic E-state index is 13.2. The Hall–Kier alpha value is -1.26. The first kappa shape index (κ1) is 13.2. The molecule has 0 aliphatic heterocycles. The van der Waals surface area contributed by atoms with E-state index in [1.165, 1.54) is 12.1 Å². The Bertz CT molecular complexity index is 603. The van der Waals surface area contributed by atoms with E-state index < -0.39 is 5.82 Å². The van der Waals surface area contributed by atoms with Gasteiger partial charge < -0.3 is 0 Å². The minimum absolute atomic E-state index is 0.0465. The van der Waals surface area contributed by atoms with Crippen LogP contribution in [0.4, 0.5) is 4.39 Å². The summed E-state index contributed by atoms with van der Waals surface area (Å²) in [6.45, 7) is 0. The van der Waals surface area contributed by atoms with Crippen molar-refractivity contribution >= 4 is 33.3 Å². The molecule has 0 saturated heterocycles. The lowest BCUT2D eigenvalue weighted by Gasteiger charge is -2.03. The fraction of sp³-hybridized carbons (Fsp3) is 0.0769. The molecule has 0 aliphatic rings. The number of Topliss-reactive ketones (excluding diaryl/α,β-unsaturated/α-hetero) is 1. The molecule has 0 fully saturated rings. The number of carbonyl (C=O) groups is 1. The van der Waals surface area contributed by atoms with E-state index in [-0.39, 0.29) is 17.2 Å². The summed E-state index contributed by atoms with van der Waals surface area (Å²) in [6.07, 6.45) is 1.63. The summed E-state index contributed by atoms with van der Waals surface area (Å²) in [6, 6.07) is 7.79. The molecule has 2 rings (SSSR count). The van der Waals surface area contributed by atoms with Crippen LogP contribution in [-0.4, -0.2) is 10.8 Å². The number of carbonyl (C=O) groups excluding carboxylic acids is 1. The lowest BCUT2D eigenvalue weighted by atomic mass is 10.1. The molecule has 2 aromatic rings. The van der Waals surface area contributed by atoms with E-state index in [2.05, 4.69) is 20.9 Å². The molecule has 18 heavy (non-hydrogen) atoms. The van der Waals surface area contributed by atoms with Gasteiger partial charge in [-0.05, 0) is 45.8 Å². The van der Waals surface area contributed by atoms with Crippen LogP contribution in [0.25, 0.3) is 0 Å². The minimum Gasteiger partial charge on any atom is -0.292 e. The highest BCUT2D eigenvalue weighted by Gasteiger charge is 2.12. The number of hydrogen-bond donors (Lipinski definition) is 0. The Morgan fingerprint density at radius 3 is 2.83 bits per heavy atom. The number of hydrogen-bond acceptors (Lipinski definition) is 2. The quantitative estimate of drug-likeness (QED) is 0.795. The van der Waals surface area contributed by atoms with Crippen molar-refractivity contribution in [1.82, 2.24) is 4.98 Å². The molecule has 1 aromatic carbocycles. The van der Waals surface area contributed by atoms with Gasteiger partial charge in [0.1, 0.15) is 11.5 Å². The molecule has 0 aliphatic carbocycles. The van der Waals surface area contributed by atoms with E-state index >= 15 is 0 Å². The van der Waals surface area contributed by atoms with E-state index in [4.69, 9.17) is 11.6 Å². The molecular weight excluding hydrogens is 321 g/mol. The van der Waals surface area contributed by atoms with Crippen LogP contribution in [0, 0.1) is 5.82 Å². The molecule has 0 spiro atoms. The number of pyridine rings is 1. The molecule has 1 aromatic heterocycles. The number of nitrogens with zero attached hydrogens (tertiary/aromatic N) is 1. The van der Waals surface area contributed by atoms with Crippen molar-refractivity contribution < 1.29 is 9.18 Å². The molecule has 0 N–H and O–H groups in total. The molecule has 0 radical (unpaired) electrons. The third kappa shape index (κ3) is 2.94. The van der Waals surface area contributed by atoms with Gasteiger partial charge in [0.25, 0.3) is 0 Å². The second-order valence-corrected chi connectivity index (χ2v) is 4.94. The fourth-order valence-electron chi connectivity index (χ4n) is 1.51. The van der Waals surface area contributed by atoms with Crippen molar-refractivity contribution in [2.24, 2.45) is 0 Å². The van der Waals surface area contributed by atoms with Crippen LogP contribution in [0.1, 0.15) is 16.1 Å². The highest BCUT2D eigenvalue weighted by Crippen LogP contribution is 2.19. The molecule has 0 amide bonds. The SMILES string of the molecule is O=C(Cc1ccc(Cl)c(F)c1)c1ncccc1Br. The summed E-state index contributed by atoms with van der Waals surface area (Å²) in [7, 11) is 0. The van der Waals surface area contributed by atoms with Gasteiger partial charge in [-0.15, -0.1) is 0 Å². The first-order valence-electron chi connectivity index (χ1n) is 5.15. The van der Waals surface area contributed by atoms with Gasteiger partial charge in [0.15, 0.2) is 5.78 Å². The molecule has 0 unspecified atom stereocenters. The number of rotatable bonds is 3. The highest BCUT2D eigenvalue weighted by molar-refractivity contribution is 9.10. The van der Waals surface area contributed by atoms with Crippen molar-refractivity contribution in [2.75, 3.05) is 0 Å². The molecule has 0 saturated carbocycles. The zero-order chi connectivity index (χ0) is 13.1. The lowest BCUT2D eigenvalue weighted by molar-refractivity contribution is 0.0987. The Labute approximate surface area is 117 Å². The highest BCUT2D eigenvalue weighted by atomic mass is 79.9. The molecular formula is C13H8BrClFNO. The lowest BCUT2D eigenvalue weighted by Crippen LogP contribution is -2.07. The summed E-state index contributed by atoms with van der Waals surface area (Å²) in [4.78, 5) is 16.0. The van der Waals surface area contributed by atoms with Crippen molar-refractivity contribution in [3.05, 3.63) is 63.1 Å². The van der Waals surface area contributed by atoms with Crippen molar-refractivity contribution in [3.8, 4) is 0 Å². The Balaban J connectivity index is 2.22. The smallest absolute Gasteiger partial charge is 0.186 e. The molecule has 1 heterocycles. The number of halogens is 3. The zero-order valence-electron chi connectivity index (χ0n) is 9.16. The second kappa shape index (κ2) is 5.59. The van der Waals surface area contributed by atoms with Gasteiger partial charge >= 0.3 is 0 Å². The van der Waals surface area contributed by atoms with Crippen LogP contribution in [0.15, 0.2) is 41.0 Å². The monoisotopic (exact) mass is 327 g/mol. The summed E-state index contributed by atoms with van der Waals surface area (Å²) in [5.74, 6) is -0.703. The first-order valence-corrected chi connectivity index (χ1v) is 6.32. The summed E-state index contributed by atoms with van der Waals surface area (Å²) in [5, 5.41) is 0.0465. The molecule has 5 heteroatoms. The second-order valence-electron chi connectivity index (χ2n) is 3.68. The number of aromatic nitrogens is 1. The third-order valence-electron chi connectivity index (χ3n) is 2.37. The third-order valence-corrected chi connectivity index (χ3v) is 3.32. The van der Waals surface area contributed by atoms with E-state index in [9.17, 15) is 9.18 Å². The van der Waals surface area contributed by atoms with Gasteiger partial charge in [-0.1, -0.05) is 17.7 Å². The van der Waals surface area contributed by atoms with E-state index in [0.29, 0.717) is 15.7 Å². The Kier molecular flexibility index (Phi) is 4.09. The zero-order valence-corrected chi connectivity index (χ0v) is 11.5. The number of ketones is 1. The summed E-state index contributed by atoms with van der Waals surface area (Å²) >= 11 is 8.84. The Morgan fingerprint density at radius 2 is 2.17 bits per heavy atom. The van der Waals surface area contributed by atoms with Gasteiger partial charge in [-0.3, -0.25) is 9.78 Å². The molecule has 0 bridgehead atoms. The normalized spacial score (nSPS) is 10.4.